The van der Waals surface area contributed by atoms with Gasteiger partial charge in [-0.1, -0.05) is 11.2 Å². The van der Waals surface area contributed by atoms with Crippen molar-refractivity contribution in [2.24, 2.45) is 0 Å². The minimum Gasteiger partial charge on any atom is -0.507 e. The summed E-state index contributed by atoms with van der Waals surface area (Å²) in [5.74, 6) is 0.111. The van der Waals surface area contributed by atoms with E-state index in [1.54, 1.807) is 30.7 Å². The molecular formula is C19H24Cl2N6O2. The number of phenolic OH excluding ortho intramolecular Hbond substituents is 1. The third-order valence-corrected chi connectivity index (χ3v) is 4.72. The van der Waals surface area contributed by atoms with Crippen molar-refractivity contribution in [3.8, 4) is 34.1 Å². The van der Waals surface area contributed by atoms with E-state index in [2.05, 4.69) is 44.5 Å². The van der Waals surface area contributed by atoms with Crippen LogP contribution >= 0.6 is 24.8 Å². The van der Waals surface area contributed by atoms with Gasteiger partial charge < -0.3 is 15.2 Å². The van der Waals surface area contributed by atoms with E-state index < -0.39 is 0 Å². The van der Waals surface area contributed by atoms with E-state index in [1.807, 2.05) is 6.07 Å². The lowest BCUT2D eigenvalue weighted by Gasteiger charge is -2.32. The molecule has 2 aromatic heterocycles. The van der Waals surface area contributed by atoms with Crippen molar-refractivity contribution in [3.05, 3.63) is 36.8 Å². The number of piperidine rings is 1. The molecule has 3 aromatic rings. The fourth-order valence-corrected chi connectivity index (χ4v) is 3.53. The molecule has 1 aliphatic rings. The highest BCUT2D eigenvalue weighted by atomic mass is 35.5. The predicted molar refractivity (Wildman–Crippen MR) is 115 cm³/mol. The number of hydrogen-bond acceptors (Lipinski definition) is 7. The number of phenols is 1. The van der Waals surface area contributed by atoms with Crippen molar-refractivity contribution in [3.63, 3.8) is 0 Å². The molecule has 156 valence electrons. The molecule has 1 aliphatic heterocycles. The third-order valence-electron chi connectivity index (χ3n) is 4.72. The van der Waals surface area contributed by atoms with E-state index in [9.17, 15) is 5.11 Å². The first kappa shape index (κ1) is 22.9. The van der Waals surface area contributed by atoms with Gasteiger partial charge in [-0.2, -0.15) is 5.10 Å². The summed E-state index contributed by atoms with van der Waals surface area (Å²) in [6, 6.07) is 6.42. The topological polar surface area (TPSA) is 109 Å². The Balaban J connectivity index is 0.00000150. The molecule has 4 rings (SSSR count). The maximum atomic E-state index is 10.4. The number of aromatic amines is 1. The molecule has 8 nitrogen and oxygen atoms in total. The van der Waals surface area contributed by atoms with E-state index in [1.165, 1.54) is 0 Å². The highest BCUT2D eigenvalue weighted by molar-refractivity contribution is 5.85. The quantitative estimate of drug-likeness (QED) is 0.572. The van der Waals surface area contributed by atoms with Crippen molar-refractivity contribution in [1.82, 2.24) is 30.7 Å². The number of hydrogen-bond donors (Lipinski definition) is 3. The molecule has 2 unspecified atom stereocenters. The Kier molecular flexibility index (Phi) is 7.78. The van der Waals surface area contributed by atoms with Crippen LogP contribution in [0.2, 0.25) is 0 Å². The number of rotatable bonds is 4. The highest BCUT2D eigenvalue weighted by Gasteiger charge is 2.25. The Bertz CT molecular complexity index is 898. The van der Waals surface area contributed by atoms with Crippen LogP contribution in [0, 0.1) is 0 Å². The summed E-state index contributed by atoms with van der Waals surface area (Å²) in [4.78, 5) is 4.27. The lowest BCUT2D eigenvalue weighted by Crippen LogP contribution is -2.46. The Morgan fingerprint density at radius 3 is 2.38 bits per heavy atom. The van der Waals surface area contributed by atoms with Gasteiger partial charge >= 0.3 is 6.01 Å². The highest BCUT2D eigenvalue weighted by Crippen LogP contribution is 2.32. The SMILES string of the molecule is CC1CC(Oc2ncc(-c3ccc(-c4cn[nH]c4)cc3O)nn2)CC(C)N1.Cl.Cl. The zero-order chi connectivity index (χ0) is 18.8. The summed E-state index contributed by atoms with van der Waals surface area (Å²) < 4.78 is 5.89. The zero-order valence-electron chi connectivity index (χ0n) is 16.1. The molecule has 2 atom stereocenters. The number of aromatic nitrogens is 5. The van der Waals surface area contributed by atoms with Gasteiger partial charge in [-0.15, -0.1) is 29.9 Å². The number of nitrogens with one attached hydrogen (secondary N) is 2. The molecule has 1 saturated heterocycles. The lowest BCUT2D eigenvalue weighted by molar-refractivity contribution is 0.112. The smallest absolute Gasteiger partial charge is 0.335 e. The van der Waals surface area contributed by atoms with Crippen LogP contribution in [0.4, 0.5) is 0 Å². The number of halogens is 2. The first-order valence-electron chi connectivity index (χ1n) is 9.03. The van der Waals surface area contributed by atoms with Crippen molar-refractivity contribution < 1.29 is 9.84 Å². The summed E-state index contributed by atoms with van der Waals surface area (Å²) >= 11 is 0. The summed E-state index contributed by atoms with van der Waals surface area (Å²) in [6.45, 7) is 4.29. The Hall–Kier alpha value is -2.42. The van der Waals surface area contributed by atoms with E-state index in [-0.39, 0.29) is 42.7 Å². The van der Waals surface area contributed by atoms with Crippen LogP contribution in [0.15, 0.2) is 36.8 Å². The number of H-pyrrole nitrogens is 1. The molecule has 0 saturated carbocycles. The van der Waals surface area contributed by atoms with Crippen LogP contribution < -0.4 is 10.1 Å². The van der Waals surface area contributed by atoms with Gasteiger partial charge in [0, 0.05) is 29.4 Å². The third kappa shape index (κ3) is 5.35. The molecule has 3 N–H and O–H groups in total. The number of aromatic hydroxyl groups is 1. The summed E-state index contributed by atoms with van der Waals surface area (Å²) in [7, 11) is 0. The Labute approximate surface area is 181 Å². The van der Waals surface area contributed by atoms with E-state index in [0.29, 0.717) is 23.3 Å². The van der Waals surface area contributed by atoms with Crippen LogP contribution in [0.5, 0.6) is 11.8 Å². The second-order valence-corrected chi connectivity index (χ2v) is 7.02. The molecule has 0 spiro atoms. The molecule has 29 heavy (non-hydrogen) atoms. The molecule has 3 heterocycles. The van der Waals surface area contributed by atoms with Gasteiger partial charge in [0.25, 0.3) is 0 Å². The van der Waals surface area contributed by atoms with Crippen LogP contribution in [0.3, 0.4) is 0 Å². The fraction of sp³-hybridized carbons (Fsp3) is 0.368. The lowest BCUT2D eigenvalue weighted by atomic mass is 9.98. The summed E-state index contributed by atoms with van der Waals surface area (Å²) in [5, 5.41) is 28.8. The number of nitrogens with zero attached hydrogens (tertiary/aromatic N) is 4. The van der Waals surface area contributed by atoms with Gasteiger partial charge in [-0.05, 0) is 44.4 Å². The van der Waals surface area contributed by atoms with Gasteiger partial charge in [-0.25, -0.2) is 4.98 Å². The van der Waals surface area contributed by atoms with Crippen molar-refractivity contribution in [2.45, 2.75) is 44.9 Å². The van der Waals surface area contributed by atoms with Gasteiger partial charge in [-0.3, -0.25) is 5.10 Å². The largest absolute Gasteiger partial charge is 0.507 e. The Morgan fingerprint density at radius 2 is 1.79 bits per heavy atom. The van der Waals surface area contributed by atoms with Gasteiger partial charge in [0.05, 0.1) is 12.4 Å². The first-order valence-corrected chi connectivity index (χ1v) is 9.03. The van der Waals surface area contributed by atoms with Gasteiger partial charge in [0.15, 0.2) is 0 Å². The summed E-state index contributed by atoms with van der Waals surface area (Å²) in [6.07, 6.45) is 6.93. The fourth-order valence-electron chi connectivity index (χ4n) is 3.53. The van der Waals surface area contributed by atoms with Crippen LogP contribution in [-0.2, 0) is 0 Å². The van der Waals surface area contributed by atoms with E-state index in [4.69, 9.17) is 4.74 Å². The van der Waals surface area contributed by atoms with Crippen molar-refractivity contribution in [2.75, 3.05) is 0 Å². The average molecular weight is 439 g/mol. The van der Waals surface area contributed by atoms with Crippen LogP contribution in [0.1, 0.15) is 26.7 Å². The van der Waals surface area contributed by atoms with Crippen LogP contribution in [-0.4, -0.2) is 48.7 Å². The maximum absolute atomic E-state index is 10.4. The number of benzene rings is 1. The zero-order valence-corrected chi connectivity index (χ0v) is 17.7. The van der Waals surface area contributed by atoms with Gasteiger partial charge in [0.1, 0.15) is 17.5 Å². The van der Waals surface area contributed by atoms with Crippen molar-refractivity contribution in [1.29, 1.82) is 0 Å². The molecule has 1 fully saturated rings. The molecule has 10 heteroatoms. The summed E-state index contributed by atoms with van der Waals surface area (Å²) in [5.41, 5.74) is 2.82. The van der Waals surface area contributed by atoms with E-state index >= 15 is 0 Å². The monoisotopic (exact) mass is 438 g/mol. The maximum Gasteiger partial charge on any atom is 0.335 e. The molecule has 0 bridgehead atoms. The molecule has 0 aliphatic carbocycles. The second-order valence-electron chi connectivity index (χ2n) is 7.02. The Morgan fingerprint density at radius 1 is 1.03 bits per heavy atom. The minimum absolute atomic E-state index is 0. The number of ether oxygens (including phenoxy) is 1. The van der Waals surface area contributed by atoms with Gasteiger partial charge in [0.2, 0.25) is 0 Å². The standard InChI is InChI=1S/C19H22N6O2.2ClH/c1-11-5-15(6-12(2)23-11)27-19-20-10-17(24-25-19)16-4-3-13(7-18(16)26)14-8-21-22-9-14;;/h3-4,7-12,15,23,26H,5-6H2,1-2H3,(H,21,22);2*1H. The second kappa shape index (κ2) is 9.87. The normalized spacial score (nSPS) is 21.0. The van der Waals surface area contributed by atoms with Crippen molar-refractivity contribution >= 4 is 24.8 Å². The molecular weight excluding hydrogens is 415 g/mol. The first-order chi connectivity index (χ1) is 13.1. The minimum atomic E-state index is 0. The molecule has 0 amide bonds. The predicted octanol–water partition coefficient (Wildman–Crippen LogP) is 3.39. The van der Waals surface area contributed by atoms with E-state index in [0.717, 1.165) is 24.0 Å². The molecule has 0 radical (unpaired) electrons. The van der Waals surface area contributed by atoms with Crippen LogP contribution in [0.25, 0.3) is 22.4 Å². The molecule has 1 aromatic carbocycles. The average Bonchev–Trinajstić information content (AvgIpc) is 3.16.